The van der Waals surface area contributed by atoms with E-state index in [4.69, 9.17) is 23.2 Å². The molecule has 3 aromatic rings. The van der Waals surface area contributed by atoms with Crippen LogP contribution in [-0.2, 0) is 11.2 Å². The standard InChI is InChI=1S/C30H34Cl2N3O2.Ac/c31-26-12-11-22(19-27(26)32)20-28(29(36)13-16-35-17-14-33-15-18-35)34-30(37)21-25(23-7-3-1-4-8-23)24-9-5-2-6-10-24;/h1-12,19,25,28-29,36H,13-18,20-21H2,(H,34,37);/q-1;. The van der Waals surface area contributed by atoms with Crippen LogP contribution in [0.4, 0.5) is 0 Å². The van der Waals surface area contributed by atoms with Crippen LogP contribution in [0.2, 0.25) is 10.0 Å². The molecule has 38 heavy (non-hydrogen) atoms. The molecule has 1 radical (unpaired) electrons. The van der Waals surface area contributed by atoms with Crippen molar-refractivity contribution in [3.8, 4) is 0 Å². The van der Waals surface area contributed by atoms with E-state index in [0.29, 0.717) is 22.9 Å². The van der Waals surface area contributed by atoms with Gasteiger partial charge in [0.25, 0.3) is 0 Å². The molecule has 1 fully saturated rings. The van der Waals surface area contributed by atoms with Gasteiger partial charge in [0.05, 0.1) is 22.2 Å². The van der Waals surface area contributed by atoms with Crippen LogP contribution < -0.4 is 5.32 Å². The fourth-order valence-electron chi connectivity index (χ4n) is 4.84. The minimum atomic E-state index is -0.704. The molecule has 5 nitrogen and oxygen atoms in total. The topological polar surface area (TPSA) is 66.7 Å². The minimum Gasteiger partial charge on any atom is -0.660 e. The number of benzene rings is 3. The molecule has 1 amide bonds. The van der Waals surface area contributed by atoms with Gasteiger partial charge in [-0.25, -0.2) is 0 Å². The predicted molar refractivity (Wildman–Crippen MR) is 152 cm³/mol. The molecule has 1 aliphatic heterocycles. The summed E-state index contributed by atoms with van der Waals surface area (Å²) in [7, 11) is 0. The van der Waals surface area contributed by atoms with E-state index in [1.54, 1.807) is 12.1 Å². The number of nitrogens with one attached hydrogen (secondary N) is 1. The van der Waals surface area contributed by atoms with Crippen molar-refractivity contribution < 1.29 is 54.0 Å². The Morgan fingerprint density at radius 1 is 0.921 bits per heavy atom. The Balaban J connectivity index is 0.00000400. The van der Waals surface area contributed by atoms with E-state index in [9.17, 15) is 9.90 Å². The van der Waals surface area contributed by atoms with Crippen LogP contribution in [0.3, 0.4) is 0 Å². The molecule has 1 aliphatic rings. The number of amides is 1. The summed E-state index contributed by atoms with van der Waals surface area (Å²) in [6.07, 6.45) is 0.601. The fourth-order valence-corrected chi connectivity index (χ4v) is 5.16. The van der Waals surface area contributed by atoms with Crippen LogP contribution in [0.1, 0.15) is 35.4 Å². The number of carbonyl (C=O) groups is 1. The zero-order chi connectivity index (χ0) is 26.0. The number of rotatable bonds is 11. The van der Waals surface area contributed by atoms with Crippen LogP contribution in [0.5, 0.6) is 0 Å². The molecule has 0 aromatic heterocycles. The van der Waals surface area contributed by atoms with Crippen molar-refractivity contribution in [2.24, 2.45) is 0 Å². The molecule has 1 heterocycles. The molecule has 8 heteroatoms. The van der Waals surface area contributed by atoms with E-state index in [1.165, 1.54) is 0 Å². The van der Waals surface area contributed by atoms with Gasteiger partial charge in [-0.3, -0.25) is 4.79 Å². The molecule has 0 aliphatic carbocycles. The van der Waals surface area contributed by atoms with E-state index in [0.717, 1.165) is 49.4 Å². The van der Waals surface area contributed by atoms with Gasteiger partial charge < -0.3 is 20.6 Å². The van der Waals surface area contributed by atoms with Gasteiger partial charge in [-0.1, -0.05) is 89.9 Å². The molecular weight excluding hydrogens is 732 g/mol. The SMILES string of the molecule is O=C(CC(c1ccccc1)c1ccccc1)NC(Cc1ccc(Cl)c(Cl)c1)C(O)CCN1CC[N-]CC1.[Ac]. The molecule has 2 N–H and O–H groups in total. The smallest absolute Gasteiger partial charge is 0.221 e. The molecular formula is C30H34AcCl2N3O2-. The third kappa shape index (κ3) is 9.59. The van der Waals surface area contributed by atoms with Gasteiger partial charge in [0, 0.05) is 62.9 Å². The first-order valence-corrected chi connectivity index (χ1v) is 13.6. The summed E-state index contributed by atoms with van der Waals surface area (Å²) >= 11 is 12.4. The first kappa shape index (κ1) is 31.6. The number of hydrogen-bond acceptors (Lipinski definition) is 3. The molecule has 0 bridgehead atoms. The summed E-state index contributed by atoms with van der Waals surface area (Å²) in [5.74, 6) is -0.180. The zero-order valence-corrected chi connectivity index (χ0v) is 27.7. The summed E-state index contributed by atoms with van der Waals surface area (Å²) in [4.78, 5) is 15.8. The Morgan fingerprint density at radius 3 is 2.11 bits per heavy atom. The largest absolute Gasteiger partial charge is 0.660 e. The molecule has 4 rings (SSSR count). The number of piperazine rings is 1. The molecule has 0 spiro atoms. The van der Waals surface area contributed by atoms with Gasteiger partial charge in [-0.2, -0.15) is 0 Å². The van der Waals surface area contributed by atoms with E-state index in [1.807, 2.05) is 42.5 Å². The molecule has 2 unspecified atom stereocenters. The second-order valence-electron chi connectivity index (χ2n) is 9.57. The number of aliphatic hydroxyl groups excluding tert-OH is 1. The van der Waals surface area contributed by atoms with Gasteiger partial charge in [-0.05, 0) is 54.8 Å². The number of hydrogen-bond donors (Lipinski definition) is 2. The Kier molecular flexibility index (Phi) is 13.6. The summed E-state index contributed by atoms with van der Waals surface area (Å²) < 4.78 is 0. The van der Waals surface area contributed by atoms with Crippen LogP contribution in [0.25, 0.3) is 5.32 Å². The monoisotopic (exact) mass is 765 g/mol. The summed E-state index contributed by atoms with van der Waals surface area (Å²) in [5, 5.41) is 19.7. The first-order valence-electron chi connectivity index (χ1n) is 12.9. The molecule has 1 saturated heterocycles. The Labute approximate surface area is 271 Å². The average Bonchev–Trinajstić information content (AvgIpc) is 2.93. The Hall–Kier alpha value is -0.968. The quantitative estimate of drug-likeness (QED) is 0.264. The first-order chi connectivity index (χ1) is 18.0. The van der Waals surface area contributed by atoms with E-state index in [2.05, 4.69) is 39.8 Å². The van der Waals surface area contributed by atoms with Crippen LogP contribution in [0, 0.1) is 44.1 Å². The maximum atomic E-state index is 13.4. The second-order valence-corrected chi connectivity index (χ2v) is 10.4. The van der Waals surface area contributed by atoms with Crippen molar-refractivity contribution in [3.63, 3.8) is 0 Å². The van der Waals surface area contributed by atoms with Gasteiger partial charge >= 0.3 is 0 Å². The van der Waals surface area contributed by atoms with Crippen molar-refractivity contribution in [2.45, 2.75) is 37.3 Å². The van der Waals surface area contributed by atoms with Gasteiger partial charge in [0.1, 0.15) is 0 Å². The molecule has 2 atom stereocenters. The number of nitrogens with zero attached hydrogens (tertiary/aromatic N) is 2. The van der Waals surface area contributed by atoms with Crippen molar-refractivity contribution in [2.75, 3.05) is 32.7 Å². The van der Waals surface area contributed by atoms with Crippen molar-refractivity contribution in [3.05, 3.63) is 111 Å². The maximum Gasteiger partial charge on any atom is 0.221 e. The Morgan fingerprint density at radius 2 is 1.53 bits per heavy atom. The van der Waals surface area contributed by atoms with E-state index >= 15 is 0 Å². The number of halogens is 2. The molecule has 199 valence electrons. The average molecular weight is 767 g/mol. The summed E-state index contributed by atoms with van der Waals surface area (Å²) in [6, 6.07) is 25.1. The van der Waals surface area contributed by atoms with Crippen molar-refractivity contribution >= 4 is 29.1 Å². The van der Waals surface area contributed by atoms with E-state index in [-0.39, 0.29) is 62.3 Å². The third-order valence-electron chi connectivity index (χ3n) is 6.93. The number of carbonyl (C=O) groups excluding carboxylic acids is 1. The summed E-state index contributed by atoms with van der Waals surface area (Å²) in [6.45, 7) is 4.25. The Bertz CT molecular complexity index is 1090. The third-order valence-corrected chi connectivity index (χ3v) is 7.67. The summed E-state index contributed by atoms with van der Waals surface area (Å²) in [5.41, 5.74) is 3.08. The van der Waals surface area contributed by atoms with Gasteiger partial charge in [0.2, 0.25) is 5.91 Å². The minimum absolute atomic E-state index is 0. The number of aliphatic hydroxyl groups is 1. The van der Waals surface area contributed by atoms with E-state index < -0.39 is 12.1 Å². The normalized spacial score (nSPS) is 15.5. The van der Waals surface area contributed by atoms with Gasteiger partial charge in [0.15, 0.2) is 0 Å². The van der Waals surface area contributed by atoms with Crippen molar-refractivity contribution in [1.82, 2.24) is 10.2 Å². The maximum absolute atomic E-state index is 13.4. The zero-order valence-electron chi connectivity index (χ0n) is 21.5. The molecule has 0 saturated carbocycles. The van der Waals surface area contributed by atoms with Crippen molar-refractivity contribution in [1.29, 1.82) is 0 Å². The van der Waals surface area contributed by atoms with Gasteiger partial charge in [-0.15, -0.1) is 13.1 Å². The van der Waals surface area contributed by atoms with Crippen LogP contribution in [0.15, 0.2) is 78.9 Å². The predicted octanol–water partition coefficient (Wildman–Crippen LogP) is 5.68. The van der Waals surface area contributed by atoms with Crippen LogP contribution in [-0.4, -0.2) is 60.8 Å². The fraction of sp³-hybridized carbons (Fsp3) is 0.367. The second kappa shape index (κ2) is 16.3. The molecule has 3 aromatic carbocycles. The van der Waals surface area contributed by atoms with Crippen LogP contribution >= 0.6 is 23.2 Å².